The summed E-state index contributed by atoms with van der Waals surface area (Å²) in [4.78, 5) is 63.5. The summed E-state index contributed by atoms with van der Waals surface area (Å²) in [5.74, 6) is -3.95. The van der Waals surface area contributed by atoms with Crippen LogP contribution in [-0.2, 0) is 25.6 Å². The second kappa shape index (κ2) is 13.1. The van der Waals surface area contributed by atoms with Crippen LogP contribution in [0, 0.1) is 6.92 Å². The van der Waals surface area contributed by atoms with Gasteiger partial charge >= 0.3 is 0 Å². The van der Waals surface area contributed by atoms with E-state index in [9.17, 15) is 29.1 Å². The molecule has 1 saturated heterocycles. The highest BCUT2D eigenvalue weighted by Crippen LogP contribution is 2.21. The number of benzene rings is 1. The van der Waals surface area contributed by atoms with Gasteiger partial charge in [0, 0.05) is 24.8 Å². The number of nitrogens with two attached hydrogens (primary N) is 1. The minimum Gasteiger partial charge on any atom is -0.549 e. The molecule has 1 aliphatic rings. The number of primary amides is 1. The second-order valence-electron chi connectivity index (χ2n) is 8.50. The number of aromatic nitrogens is 2. The van der Waals surface area contributed by atoms with Crippen molar-refractivity contribution in [2.75, 3.05) is 18.1 Å². The number of carbonyl (C=O) groups is 5. The average Bonchev–Trinajstić information content (AvgIpc) is 3.29. The van der Waals surface area contributed by atoms with Crippen molar-refractivity contribution in [2.45, 2.75) is 44.3 Å². The zero-order chi connectivity index (χ0) is 26.9. The molecule has 1 aromatic carbocycles. The van der Waals surface area contributed by atoms with Crippen LogP contribution < -0.4 is 21.5 Å². The van der Waals surface area contributed by atoms with Crippen molar-refractivity contribution < 1.29 is 29.1 Å². The Morgan fingerprint density at radius 3 is 2.57 bits per heavy atom. The van der Waals surface area contributed by atoms with Gasteiger partial charge in [0.15, 0.2) is 0 Å². The van der Waals surface area contributed by atoms with Gasteiger partial charge < -0.3 is 31.2 Å². The van der Waals surface area contributed by atoms with Crippen LogP contribution in [0.1, 0.15) is 33.8 Å². The number of carbonyl (C=O) groups excluding carboxylic acids is 5. The van der Waals surface area contributed by atoms with E-state index in [1.165, 1.54) is 4.90 Å². The summed E-state index contributed by atoms with van der Waals surface area (Å²) in [5.41, 5.74) is 6.82. The zero-order valence-corrected chi connectivity index (χ0v) is 21.7. The standard InChI is InChI=1S/C23H28N6O6S2/c1-13-20(37-28-27-13)23(35)25-15-7-8-29(18(30)11-36-12-19(31)32)17(10-15)22(34)26-16(21(24)33)9-14-5-3-2-4-6-14/h2-6,15-17H,7-12H2,1H3,(H2,24,33)(H,25,35)(H,26,34)(H,31,32)/p-1/t15-,16+,17-/m0/s1. The monoisotopic (exact) mass is 547 g/mol. The molecule has 1 fully saturated rings. The first kappa shape index (κ1) is 28.1. The normalized spacial score (nSPS) is 18.0. The van der Waals surface area contributed by atoms with E-state index < -0.39 is 41.8 Å². The second-order valence-corrected chi connectivity index (χ2v) is 10.2. The van der Waals surface area contributed by atoms with Crippen LogP contribution in [0.5, 0.6) is 0 Å². The summed E-state index contributed by atoms with van der Waals surface area (Å²) in [7, 11) is 0. The Bertz CT molecular complexity index is 1140. The number of hydrogen-bond donors (Lipinski definition) is 3. The SMILES string of the molecule is Cc1nnsc1C(=O)N[C@H]1CCN(C(=O)CSCC(=O)[O-])[C@H](C(=O)N[C@H](Cc2ccccc2)C(N)=O)C1. The minimum atomic E-state index is -1.30. The first-order valence-electron chi connectivity index (χ1n) is 11.5. The molecule has 0 bridgehead atoms. The number of nitrogens with one attached hydrogen (secondary N) is 2. The summed E-state index contributed by atoms with van der Waals surface area (Å²) < 4.78 is 3.76. The van der Waals surface area contributed by atoms with Crippen molar-refractivity contribution in [3.63, 3.8) is 0 Å². The summed E-state index contributed by atoms with van der Waals surface area (Å²) in [6.45, 7) is 1.81. The van der Waals surface area contributed by atoms with Gasteiger partial charge in [0.1, 0.15) is 17.0 Å². The van der Waals surface area contributed by atoms with E-state index in [-0.39, 0.29) is 36.8 Å². The van der Waals surface area contributed by atoms with Crippen LogP contribution in [0.3, 0.4) is 0 Å². The highest BCUT2D eigenvalue weighted by atomic mass is 32.2. The number of nitrogens with zero attached hydrogens (tertiary/aromatic N) is 3. The molecule has 12 nitrogen and oxygen atoms in total. The molecule has 2 aromatic rings. The molecule has 0 saturated carbocycles. The topological polar surface area (TPSA) is 188 Å². The Kier molecular flexibility index (Phi) is 9.97. The molecule has 198 valence electrons. The van der Waals surface area contributed by atoms with Crippen molar-refractivity contribution >= 4 is 52.9 Å². The number of thioether (sulfide) groups is 1. The maximum atomic E-state index is 13.4. The van der Waals surface area contributed by atoms with Crippen LogP contribution in [0.15, 0.2) is 30.3 Å². The number of rotatable bonds is 11. The summed E-state index contributed by atoms with van der Waals surface area (Å²) in [5, 5.41) is 20.1. The van der Waals surface area contributed by atoms with Gasteiger partial charge in [0.25, 0.3) is 5.91 Å². The van der Waals surface area contributed by atoms with Crippen molar-refractivity contribution in [1.29, 1.82) is 0 Å². The highest BCUT2D eigenvalue weighted by Gasteiger charge is 2.38. The van der Waals surface area contributed by atoms with E-state index in [4.69, 9.17) is 5.73 Å². The highest BCUT2D eigenvalue weighted by molar-refractivity contribution is 8.00. The molecule has 0 unspecified atom stereocenters. The van der Waals surface area contributed by atoms with Crippen molar-refractivity contribution in [3.8, 4) is 0 Å². The average molecular weight is 548 g/mol. The number of amides is 4. The predicted octanol–water partition coefficient (Wildman–Crippen LogP) is -1.37. The zero-order valence-electron chi connectivity index (χ0n) is 20.0. The lowest BCUT2D eigenvalue weighted by atomic mass is 9.95. The fourth-order valence-electron chi connectivity index (χ4n) is 3.98. The molecular formula is C23H27N6O6S2-. The number of aliphatic carboxylic acids is 1. The van der Waals surface area contributed by atoms with Gasteiger partial charge in [0.05, 0.1) is 17.4 Å². The van der Waals surface area contributed by atoms with E-state index in [2.05, 4.69) is 20.2 Å². The largest absolute Gasteiger partial charge is 0.549 e. The molecule has 14 heteroatoms. The molecule has 0 radical (unpaired) electrons. The van der Waals surface area contributed by atoms with E-state index in [0.29, 0.717) is 17.0 Å². The number of carboxylic acid groups (broad SMARTS) is 1. The number of hydrogen-bond acceptors (Lipinski definition) is 10. The molecule has 4 amide bonds. The lowest BCUT2D eigenvalue weighted by Gasteiger charge is -2.39. The lowest BCUT2D eigenvalue weighted by molar-refractivity contribution is -0.301. The maximum Gasteiger partial charge on any atom is 0.265 e. The third kappa shape index (κ3) is 7.98. The van der Waals surface area contributed by atoms with Crippen LogP contribution >= 0.6 is 23.3 Å². The van der Waals surface area contributed by atoms with Crippen LogP contribution in [0.4, 0.5) is 0 Å². The Balaban J connectivity index is 1.74. The van der Waals surface area contributed by atoms with Gasteiger partial charge in [-0.15, -0.1) is 16.9 Å². The minimum absolute atomic E-state index is 0.0938. The Morgan fingerprint density at radius 2 is 1.95 bits per heavy atom. The molecule has 3 atom stereocenters. The first-order valence-corrected chi connectivity index (χ1v) is 13.4. The van der Waals surface area contributed by atoms with Crippen LogP contribution in [0.25, 0.3) is 0 Å². The molecule has 4 N–H and O–H groups in total. The predicted molar refractivity (Wildman–Crippen MR) is 134 cm³/mol. The molecule has 1 aliphatic heterocycles. The van der Waals surface area contributed by atoms with Crippen LogP contribution in [0.2, 0.25) is 0 Å². The van der Waals surface area contributed by atoms with Gasteiger partial charge in [0.2, 0.25) is 17.7 Å². The molecule has 1 aromatic heterocycles. The van der Waals surface area contributed by atoms with Crippen molar-refractivity contribution in [1.82, 2.24) is 25.1 Å². The smallest absolute Gasteiger partial charge is 0.265 e. The molecule has 3 rings (SSSR count). The molecule has 2 heterocycles. The van der Waals surface area contributed by atoms with Crippen molar-refractivity contribution in [3.05, 3.63) is 46.5 Å². The Morgan fingerprint density at radius 1 is 1.22 bits per heavy atom. The number of carboxylic acids is 1. The van der Waals surface area contributed by atoms with Crippen LogP contribution in [-0.4, -0.2) is 80.3 Å². The fourth-order valence-corrected chi connectivity index (χ4v) is 5.15. The molecule has 0 spiro atoms. The van der Waals surface area contributed by atoms with E-state index in [1.54, 1.807) is 31.2 Å². The molecule has 0 aliphatic carbocycles. The summed E-state index contributed by atoms with van der Waals surface area (Å²) in [6.07, 6.45) is 0.638. The summed E-state index contributed by atoms with van der Waals surface area (Å²) >= 11 is 1.83. The third-order valence-corrected chi connectivity index (χ3v) is 7.52. The van der Waals surface area contributed by atoms with Crippen molar-refractivity contribution in [2.24, 2.45) is 5.73 Å². The van der Waals surface area contributed by atoms with E-state index >= 15 is 0 Å². The number of likely N-dealkylation sites (tertiary alicyclic amines) is 1. The molecule has 37 heavy (non-hydrogen) atoms. The molecular weight excluding hydrogens is 520 g/mol. The van der Waals surface area contributed by atoms with Gasteiger partial charge in [-0.05, 0) is 36.9 Å². The van der Waals surface area contributed by atoms with Gasteiger partial charge in [-0.2, -0.15) is 0 Å². The van der Waals surface area contributed by atoms with E-state index in [0.717, 1.165) is 28.9 Å². The Hall–Kier alpha value is -3.52. The number of aryl methyl sites for hydroxylation is 1. The third-order valence-electron chi connectivity index (χ3n) is 5.81. The van der Waals surface area contributed by atoms with Gasteiger partial charge in [-0.25, -0.2) is 0 Å². The quantitative estimate of drug-likeness (QED) is 0.305. The maximum absolute atomic E-state index is 13.4. The first-order chi connectivity index (χ1) is 17.7. The Labute approximate surface area is 221 Å². The van der Waals surface area contributed by atoms with E-state index in [1.807, 2.05) is 6.07 Å². The summed E-state index contributed by atoms with van der Waals surface area (Å²) in [6, 6.07) is 6.57. The number of piperidine rings is 1. The lowest BCUT2D eigenvalue weighted by Crippen LogP contribution is -2.60. The van der Waals surface area contributed by atoms with Gasteiger partial charge in [-0.3, -0.25) is 19.2 Å². The van der Waals surface area contributed by atoms with Gasteiger partial charge in [-0.1, -0.05) is 34.8 Å². The fraction of sp³-hybridized carbons (Fsp3) is 0.435.